The van der Waals surface area contributed by atoms with E-state index in [9.17, 15) is 4.79 Å². The van der Waals surface area contributed by atoms with Crippen molar-refractivity contribution in [3.05, 3.63) is 0 Å². The minimum Gasteiger partial charge on any atom is -0.378 e. The van der Waals surface area contributed by atoms with Crippen LogP contribution in [0.1, 0.15) is 19.3 Å². The molecular formula is C10H20N2O3. The van der Waals surface area contributed by atoms with E-state index in [1.165, 1.54) is 12.8 Å². The predicted octanol–water partition coefficient (Wildman–Crippen LogP) is -0.353. The molecule has 1 amide bonds. The number of carbonyl (C=O) groups is 1. The number of primary amides is 1. The maximum Gasteiger partial charge on any atom is 0.243 e. The quantitative estimate of drug-likeness (QED) is 0.544. The van der Waals surface area contributed by atoms with Gasteiger partial charge in [0.2, 0.25) is 5.91 Å². The molecular weight excluding hydrogens is 196 g/mol. The monoisotopic (exact) mass is 216 g/mol. The Kier molecular flexibility index (Phi) is 6.31. The van der Waals surface area contributed by atoms with E-state index in [2.05, 4.69) is 5.32 Å². The average molecular weight is 216 g/mol. The third-order valence-electron chi connectivity index (χ3n) is 2.33. The van der Waals surface area contributed by atoms with Crippen molar-refractivity contribution in [2.45, 2.75) is 25.4 Å². The van der Waals surface area contributed by atoms with Gasteiger partial charge >= 0.3 is 0 Å². The summed E-state index contributed by atoms with van der Waals surface area (Å²) in [5.74, 6) is -0.422. The zero-order valence-electron chi connectivity index (χ0n) is 9.04. The Balaban J connectivity index is 1.78. The van der Waals surface area contributed by atoms with Gasteiger partial charge in [-0.3, -0.25) is 4.79 Å². The molecule has 1 atom stereocenters. The summed E-state index contributed by atoms with van der Waals surface area (Å²) in [6.07, 6.45) is 3.85. The van der Waals surface area contributed by atoms with Crippen molar-refractivity contribution >= 4 is 5.91 Å². The van der Waals surface area contributed by atoms with Gasteiger partial charge in [0, 0.05) is 13.2 Å². The minimum absolute atomic E-state index is 0.00736. The highest BCUT2D eigenvalue weighted by Crippen LogP contribution is 2.14. The van der Waals surface area contributed by atoms with E-state index in [4.69, 9.17) is 15.2 Å². The van der Waals surface area contributed by atoms with Gasteiger partial charge in [-0.05, 0) is 25.8 Å². The van der Waals surface area contributed by atoms with Crippen molar-refractivity contribution in [3.63, 3.8) is 0 Å². The molecule has 5 heteroatoms. The highest BCUT2D eigenvalue weighted by molar-refractivity contribution is 5.74. The second-order valence-electron chi connectivity index (χ2n) is 3.69. The molecule has 88 valence electrons. The van der Waals surface area contributed by atoms with Crippen LogP contribution in [0.25, 0.3) is 0 Å². The maximum absolute atomic E-state index is 10.3. The van der Waals surface area contributed by atoms with E-state index in [0.29, 0.717) is 12.7 Å². The molecule has 3 N–H and O–H groups in total. The van der Waals surface area contributed by atoms with Crippen LogP contribution in [0.3, 0.4) is 0 Å². The van der Waals surface area contributed by atoms with Crippen LogP contribution >= 0.6 is 0 Å². The van der Waals surface area contributed by atoms with Gasteiger partial charge in [0.25, 0.3) is 0 Å². The molecule has 0 aromatic carbocycles. The summed E-state index contributed by atoms with van der Waals surface area (Å²) >= 11 is 0. The summed E-state index contributed by atoms with van der Waals surface area (Å²) in [5, 5.41) is 3.23. The zero-order chi connectivity index (χ0) is 10.9. The van der Waals surface area contributed by atoms with Gasteiger partial charge in [-0.2, -0.15) is 0 Å². The molecule has 1 saturated heterocycles. The molecule has 0 aromatic heterocycles. The van der Waals surface area contributed by atoms with Gasteiger partial charge in [-0.15, -0.1) is 0 Å². The van der Waals surface area contributed by atoms with Crippen LogP contribution in [0.5, 0.6) is 0 Å². The first-order valence-electron chi connectivity index (χ1n) is 5.47. The number of hydrogen-bond acceptors (Lipinski definition) is 4. The van der Waals surface area contributed by atoms with Crippen LogP contribution < -0.4 is 11.1 Å². The molecule has 0 bridgehead atoms. The van der Waals surface area contributed by atoms with E-state index < -0.39 is 5.91 Å². The summed E-state index contributed by atoms with van der Waals surface area (Å²) in [6.45, 7) is 3.12. The van der Waals surface area contributed by atoms with Crippen LogP contribution in [0, 0.1) is 0 Å². The van der Waals surface area contributed by atoms with E-state index in [1.54, 1.807) is 0 Å². The lowest BCUT2D eigenvalue weighted by atomic mass is 10.2. The standard InChI is InChI=1S/C10H20N2O3/c11-10(13)8-14-7-5-12-4-3-9-2-1-6-15-9/h9,12H,1-8H2,(H2,11,13). The molecule has 1 heterocycles. The number of nitrogens with two attached hydrogens (primary N) is 1. The molecule has 0 spiro atoms. The Morgan fingerprint density at radius 1 is 1.53 bits per heavy atom. The van der Waals surface area contributed by atoms with Crippen molar-refractivity contribution in [2.24, 2.45) is 5.73 Å². The van der Waals surface area contributed by atoms with Crippen molar-refractivity contribution in [2.75, 3.05) is 32.9 Å². The third kappa shape index (κ3) is 6.43. The SMILES string of the molecule is NC(=O)COCCNCCC1CCCO1. The number of nitrogens with one attached hydrogen (secondary N) is 1. The first-order valence-corrected chi connectivity index (χ1v) is 5.47. The smallest absolute Gasteiger partial charge is 0.243 e. The lowest BCUT2D eigenvalue weighted by Crippen LogP contribution is -2.26. The maximum atomic E-state index is 10.3. The molecule has 1 aliphatic rings. The second-order valence-corrected chi connectivity index (χ2v) is 3.69. The number of rotatable bonds is 8. The Morgan fingerprint density at radius 3 is 3.07 bits per heavy atom. The van der Waals surface area contributed by atoms with Crippen LogP contribution in [0.4, 0.5) is 0 Å². The second kappa shape index (κ2) is 7.62. The molecule has 1 aliphatic heterocycles. The summed E-state index contributed by atoms with van der Waals surface area (Å²) < 4.78 is 10.5. The number of amides is 1. The van der Waals surface area contributed by atoms with Crippen LogP contribution in [-0.4, -0.2) is 44.9 Å². The van der Waals surface area contributed by atoms with E-state index in [1.807, 2.05) is 0 Å². The molecule has 5 nitrogen and oxygen atoms in total. The van der Waals surface area contributed by atoms with Crippen molar-refractivity contribution in [1.82, 2.24) is 5.32 Å². The summed E-state index contributed by atoms with van der Waals surface area (Å²) in [6, 6.07) is 0. The fourth-order valence-electron chi connectivity index (χ4n) is 1.58. The van der Waals surface area contributed by atoms with Gasteiger partial charge in [0.15, 0.2) is 0 Å². The van der Waals surface area contributed by atoms with Gasteiger partial charge in [-0.1, -0.05) is 0 Å². The molecule has 1 fully saturated rings. The first-order chi connectivity index (χ1) is 7.29. The summed E-state index contributed by atoms with van der Waals surface area (Å²) in [7, 11) is 0. The topological polar surface area (TPSA) is 73.6 Å². The Labute approximate surface area is 90.3 Å². The molecule has 0 saturated carbocycles. The predicted molar refractivity (Wildman–Crippen MR) is 56.5 cm³/mol. The van der Waals surface area contributed by atoms with Crippen molar-refractivity contribution in [3.8, 4) is 0 Å². The number of carbonyl (C=O) groups excluding carboxylic acids is 1. The summed E-state index contributed by atoms with van der Waals surface area (Å²) in [5.41, 5.74) is 4.92. The Morgan fingerprint density at radius 2 is 2.40 bits per heavy atom. The lowest BCUT2D eigenvalue weighted by molar-refractivity contribution is -0.122. The number of ether oxygens (including phenoxy) is 2. The fourth-order valence-corrected chi connectivity index (χ4v) is 1.58. The van der Waals surface area contributed by atoms with E-state index in [-0.39, 0.29) is 6.61 Å². The fraction of sp³-hybridized carbons (Fsp3) is 0.900. The third-order valence-corrected chi connectivity index (χ3v) is 2.33. The lowest BCUT2D eigenvalue weighted by Gasteiger charge is -2.09. The van der Waals surface area contributed by atoms with Crippen LogP contribution in [0.15, 0.2) is 0 Å². The van der Waals surface area contributed by atoms with Crippen molar-refractivity contribution < 1.29 is 14.3 Å². The summed E-state index contributed by atoms with van der Waals surface area (Å²) in [4.78, 5) is 10.3. The normalized spacial score (nSPS) is 20.7. The highest BCUT2D eigenvalue weighted by atomic mass is 16.5. The van der Waals surface area contributed by atoms with Gasteiger partial charge in [0.05, 0.1) is 12.7 Å². The minimum atomic E-state index is -0.422. The largest absolute Gasteiger partial charge is 0.378 e. The molecule has 15 heavy (non-hydrogen) atoms. The zero-order valence-corrected chi connectivity index (χ0v) is 9.04. The van der Waals surface area contributed by atoms with Gasteiger partial charge < -0.3 is 20.5 Å². The molecule has 0 radical (unpaired) electrons. The Hall–Kier alpha value is -0.650. The van der Waals surface area contributed by atoms with Gasteiger partial charge in [0.1, 0.15) is 6.61 Å². The van der Waals surface area contributed by atoms with Crippen LogP contribution in [0.2, 0.25) is 0 Å². The molecule has 1 unspecified atom stereocenters. The van der Waals surface area contributed by atoms with Gasteiger partial charge in [-0.25, -0.2) is 0 Å². The van der Waals surface area contributed by atoms with Crippen molar-refractivity contribution in [1.29, 1.82) is 0 Å². The number of hydrogen-bond donors (Lipinski definition) is 2. The van der Waals surface area contributed by atoms with E-state index >= 15 is 0 Å². The van der Waals surface area contributed by atoms with E-state index in [0.717, 1.165) is 26.1 Å². The first kappa shape index (κ1) is 12.4. The molecule has 0 aliphatic carbocycles. The molecule has 1 rings (SSSR count). The van der Waals surface area contributed by atoms with Crippen LogP contribution in [-0.2, 0) is 14.3 Å². The average Bonchev–Trinajstić information content (AvgIpc) is 2.68. The molecule has 0 aromatic rings. The Bertz CT molecular complexity index is 182. The highest BCUT2D eigenvalue weighted by Gasteiger charge is 2.14.